The van der Waals surface area contributed by atoms with Gasteiger partial charge < -0.3 is 5.32 Å². The van der Waals surface area contributed by atoms with E-state index in [1.54, 1.807) is 0 Å². The Hall–Kier alpha value is -1.33. The normalized spacial score (nSPS) is 10.0. The fraction of sp³-hybridized carbons (Fsp3) is 0.0769. The summed E-state index contributed by atoms with van der Waals surface area (Å²) >= 11 is 0. The quantitative estimate of drug-likeness (QED) is 0.758. The van der Waals surface area contributed by atoms with Crippen LogP contribution in [0, 0.1) is 6.92 Å². The Morgan fingerprint density at radius 3 is 2.33 bits per heavy atom. The van der Waals surface area contributed by atoms with Crippen molar-refractivity contribution in [2.45, 2.75) is 6.92 Å². The molecule has 1 N–H and O–H groups in total. The molecule has 76 valence electrons. The van der Waals surface area contributed by atoms with E-state index in [1.807, 2.05) is 0 Å². The van der Waals surface area contributed by atoms with E-state index >= 15 is 0 Å². The van der Waals surface area contributed by atoms with Crippen LogP contribution in [0.15, 0.2) is 48.5 Å². The molecule has 2 aromatic carbocycles. The predicted octanol–water partition coefficient (Wildman–Crippen LogP) is 3.24. The van der Waals surface area contributed by atoms with Crippen LogP contribution < -0.4 is 10.6 Å². The Morgan fingerprint density at radius 2 is 1.67 bits per heavy atom. The van der Waals surface area contributed by atoms with Gasteiger partial charge in [0.15, 0.2) is 0 Å². The molecule has 0 aromatic heterocycles. The van der Waals surface area contributed by atoms with E-state index in [1.165, 1.54) is 10.9 Å². The number of rotatable bonds is 2. The molecule has 0 radical (unpaired) electrons. The molecule has 0 heterocycles. The number of benzene rings is 2. The zero-order valence-electron chi connectivity index (χ0n) is 8.70. The van der Waals surface area contributed by atoms with Gasteiger partial charge in [-0.2, -0.15) is 0 Å². The van der Waals surface area contributed by atoms with E-state index in [-0.39, 0.29) is 0 Å². The van der Waals surface area contributed by atoms with Crippen molar-refractivity contribution in [1.82, 2.24) is 0 Å². The molecule has 2 aromatic rings. The minimum absolute atomic E-state index is 1.12. The summed E-state index contributed by atoms with van der Waals surface area (Å²) in [5.74, 6) is 0. The standard InChI is InChI=1S/C13H14NP/c1-10-3-2-4-12(9-10)14-11-5-7-13(15)8-6-11/h2-9,14H,15H2,1H3. The molecule has 0 amide bonds. The highest BCUT2D eigenvalue weighted by atomic mass is 31.0. The molecular weight excluding hydrogens is 201 g/mol. The van der Waals surface area contributed by atoms with Crippen LogP contribution >= 0.6 is 9.24 Å². The second kappa shape index (κ2) is 4.46. The monoisotopic (exact) mass is 215 g/mol. The van der Waals surface area contributed by atoms with Crippen molar-refractivity contribution in [3.8, 4) is 0 Å². The molecule has 1 unspecified atom stereocenters. The molecular formula is C13H14NP. The van der Waals surface area contributed by atoms with Gasteiger partial charge >= 0.3 is 0 Å². The molecule has 0 aliphatic heterocycles. The largest absolute Gasteiger partial charge is 0.356 e. The Labute approximate surface area is 92.7 Å². The molecule has 1 nitrogen and oxygen atoms in total. The van der Waals surface area contributed by atoms with Crippen LogP contribution in [-0.4, -0.2) is 0 Å². The van der Waals surface area contributed by atoms with Crippen LogP contribution in [0.2, 0.25) is 0 Å². The van der Waals surface area contributed by atoms with Crippen molar-refractivity contribution in [3.63, 3.8) is 0 Å². The zero-order chi connectivity index (χ0) is 10.7. The second-order valence-corrected chi connectivity index (χ2v) is 4.28. The van der Waals surface area contributed by atoms with E-state index in [0.29, 0.717) is 0 Å². The number of anilines is 2. The summed E-state index contributed by atoms with van der Waals surface area (Å²) in [5, 5.41) is 4.56. The van der Waals surface area contributed by atoms with Crippen molar-refractivity contribution in [3.05, 3.63) is 54.1 Å². The SMILES string of the molecule is Cc1cccc(Nc2ccc(P)cc2)c1. The van der Waals surface area contributed by atoms with E-state index < -0.39 is 0 Å². The molecule has 1 atom stereocenters. The lowest BCUT2D eigenvalue weighted by Gasteiger charge is -2.07. The molecule has 2 rings (SSSR count). The molecule has 15 heavy (non-hydrogen) atoms. The van der Waals surface area contributed by atoms with Gasteiger partial charge in [0.05, 0.1) is 0 Å². The van der Waals surface area contributed by atoms with Gasteiger partial charge in [-0.15, -0.1) is 9.24 Å². The van der Waals surface area contributed by atoms with E-state index in [4.69, 9.17) is 0 Å². The van der Waals surface area contributed by atoms with Gasteiger partial charge in [-0.05, 0) is 42.1 Å². The predicted molar refractivity (Wildman–Crippen MR) is 70.2 cm³/mol. The van der Waals surface area contributed by atoms with Crippen LogP contribution in [0.3, 0.4) is 0 Å². The van der Waals surface area contributed by atoms with Gasteiger partial charge in [-0.25, -0.2) is 0 Å². The number of hydrogen-bond acceptors (Lipinski definition) is 1. The van der Waals surface area contributed by atoms with Crippen molar-refractivity contribution in [1.29, 1.82) is 0 Å². The van der Waals surface area contributed by atoms with Gasteiger partial charge in [0.2, 0.25) is 0 Å². The third kappa shape index (κ3) is 2.81. The fourth-order valence-corrected chi connectivity index (χ4v) is 1.65. The minimum Gasteiger partial charge on any atom is -0.356 e. The summed E-state index contributed by atoms with van der Waals surface area (Å²) in [6, 6.07) is 16.6. The van der Waals surface area contributed by atoms with Crippen LogP contribution in [-0.2, 0) is 0 Å². The maximum atomic E-state index is 3.36. The average Bonchev–Trinajstić information content (AvgIpc) is 2.22. The smallest absolute Gasteiger partial charge is 0.0386 e. The summed E-state index contributed by atoms with van der Waals surface area (Å²) in [4.78, 5) is 0. The minimum atomic E-state index is 1.12. The Kier molecular flexibility index (Phi) is 3.03. The van der Waals surface area contributed by atoms with Gasteiger partial charge in [-0.1, -0.05) is 24.3 Å². The van der Waals surface area contributed by atoms with Gasteiger partial charge in [0.1, 0.15) is 0 Å². The third-order valence-electron chi connectivity index (χ3n) is 2.22. The first-order chi connectivity index (χ1) is 7.24. The summed E-state index contributed by atoms with van der Waals surface area (Å²) in [7, 11) is 2.68. The Balaban J connectivity index is 2.18. The Bertz CT molecular complexity index is 448. The maximum absolute atomic E-state index is 3.36. The van der Waals surface area contributed by atoms with Crippen molar-refractivity contribution in [2.24, 2.45) is 0 Å². The topological polar surface area (TPSA) is 12.0 Å². The van der Waals surface area contributed by atoms with Crippen LogP contribution in [0.25, 0.3) is 0 Å². The number of hydrogen-bond donors (Lipinski definition) is 1. The lowest BCUT2D eigenvalue weighted by atomic mass is 10.2. The van der Waals surface area contributed by atoms with E-state index in [9.17, 15) is 0 Å². The molecule has 0 aliphatic carbocycles. The van der Waals surface area contributed by atoms with Crippen molar-refractivity contribution in [2.75, 3.05) is 5.32 Å². The van der Waals surface area contributed by atoms with Gasteiger partial charge in [0, 0.05) is 11.4 Å². The second-order valence-electron chi connectivity index (χ2n) is 3.62. The maximum Gasteiger partial charge on any atom is 0.0386 e. The summed E-state index contributed by atoms with van der Waals surface area (Å²) < 4.78 is 0. The Morgan fingerprint density at radius 1 is 0.933 bits per heavy atom. The fourth-order valence-electron chi connectivity index (χ4n) is 1.46. The lowest BCUT2D eigenvalue weighted by molar-refractivity contribution is 1.45. The molecule has 0 bridgehead atoms. The van der Waals surface area contributed by atoms with Crippen LogP contribution in [0.1, 0.15) is 5.56 Å². The molecule has 2 heteroatoms. The highest BCUT2D eigenvalue weighted by Crippen LogP contribution is 2.16. The molecule has 0 saturated heterocycles. The van der Waals surface area contributed by atoms with Crippen LogP contribution in [0.4, 0.5) is 11.4 Å². The average molecular weight is 215 g/mol. The first-order valence-electron chi connectivity index (χ1n) is 4.93. The first kappa shape index (κ1) is 10.2. The van der Waals surface area contributed by atoms with E-state index in [2.05, 4.69) is 70.0 Å². The van der Waals surface area contributed by atoms with Gasteiger partial charge in [0.25, 0.3) is 0 Å². The summed E-state index contributed by atoms with van der Waals surface area (Å²) in [5.41, 5.74) is 3.51. The van der Waals surface area contributed by atoms with Gasteiger partial charge in [-0.3, -0.25) is 0 Å². The van der Waals surface area contributed by atoms with E-state index in [0.717, 1.165) is 11.4 Å². The molecule has 0 spiro atoms. The number of aryl methyl sites for hydroxylation is 1. The molecule has 0 aliphatic rings. The van der Waals surface area contributed by atoms with Crippen molar-refractivity contribution >= 4 is 25.9 Å². The first-order valence-corrected chi connectivity index (χ1v) is 5.51. The third-order valence-corrected chi connectivity index (χ3v) is 2.60. The lowest BCUT2D eigenvalue weighted by Crippen LogP contribution is -1.93. The number of nitrogens with one attached hydrogen (secondary N) is 1. The highest BCUT2D eigenvalue weighted by Gasteiger charge is 1.94. The molecule has 0 fully saturated rings. The zero-order valence-corrected chi connectivity index (χ0v) is 9.85. The van der Waals surface area contributed by atoms with Crippen molar-refractivity contribution < 1.29 is 0 Å². The molecule has 0 saturated carbocycles. The highest BCUT2D eigenvalue weighted by molar-refractivity contribution is 7.27. The van der Waals surface area contributed by atoms with Crippen LogP contribution in [0.5, 0.6) is 0 Å². The summed E-state index contributed by atoms with van der Waals surface area (Å²) in [6.07, 6.45) is 0. The summed E-state index contributed by atoms with van der Waals surface area (Å²) in [6.45, 7) is 2.09.